The number of amides is 1. The van der Waals surface area contributed by atoms with Crippen molar-refractivity contribution in [2.24, 2.45) is 0 Å². The van der Waals surface area contributed by atoms with Crippen molar-refractivity contribution < 1.29 is 9.32 Å². The van der Waals surface area contributed by atoms with Gasteiger partial charge < -0.3 is 14.4 Å². The highest BCUT2D eigenvalue weighted by molar-refractivity contribution is 5.78. The minimum atomic E-state index is -0.00373. The highest BCUT2D eigenvalue weighted by Gasteiger charge is 2.25. The molecule has 1 atom stereocenters. The Bertz CT molecular complexity index is 701. The molecule has 0 saturated heterocycles. The van der Waals surface area contributed by atoms with E-state index in [1.165, 1.54) is 25.0 Å². The molecule has 0 unspecified atom stereocenters. The Morgan fingerprint density at radius 3 is 3.04 bits per heavy atom. The summed E-state index contributed by atoms with van der Waals surface area (Å²) in [4.78, 5) is 20.8. The van der Waals surface area contributed by atoms with Gasteiger partial charge in [-0.15, -0.1) is 0 Å². The number of aromatic nitrogens is 4. The van der Waals surface area contributed by atoms with E-state index in [0.29, 0.717) is 17.8 Å². The Morgan fingerprint density at radius 2 is 2.17 bits per heavy atom. The van der Waals surface area contributed by atoms with Gasteiger partial charge in [0.15, 0.2) is 5.82 Å². The molecule has 0 radical (unpaired) electrons. The summed E-state index contributed by atoms with van der Waals surface area (Å²) in [5.74, 6) is 1.34. The molecule has 1 fully saturated rings. The van der Waals surface area contributed by atoms with Gasteiger partial charge in [0.1, 0.15) is 0 Å². The second-order valence-electron chi connectivity index (χ2n) is 6.90. The molecule has 1 aliphatic carbocycles. The monoisotopic (exact) mass is 329 g/mol. The van der Waals surface area contributed by atoms with Crippen LogP contribution < -0.4 is 5.32 Å². The number of imidazole rings is 1. The van der Waals surface area contributed by atoms with Crippen molar-refractivity contribution in [3.63, 3.8) is 0 Å². The average Bonchev–Trinajstić information content (AvgIpc) is 3.24. The van der Waals surface area contributed by atoms with Crippen molar-refractivity contribution in [3.05, 3.63) is 29.9 Å². The molecule has 2 aromatic heterocycles. The molecule has 7 nitrogen and oxygen atoms in total. The molecular formula is C17H23N5O2. The zero-order valence-electron chi connectivity index (χ0n) is 13.8. The summed E-state index contributed by atoms with van der Waals surface area (Å²) in [6.07, 6.45) is 11.6. The van der Waals surface area contributed by atoms with E-state index in [0.717, 1.165) is 32.2 Å². The normalized spacial score (nSPS) is 21.4. The number of carbonyl (C=O) groups is 1. The van der Waals surface area contributed by atoms with Crippen LogP contribution in [-0.4, -0.2) is 31.6 Å². The van der Waals surface area contributed by atoms with Crippen LogP contribution in [0.2, 0.25) is 0 Å². The van der Waals surface area contributed by atoms with Crippen molar-refractivity contribution in [1.29, 1.82) is 0 Å². The highest BCUT2D eigenvalue weighted by atomic mass is 16.5. The molecular weight excluding hydrogens is 306 g/mol. The van der Waals surface area contributed by atoms with Crippen molar-refractivity contribution in [2.75, 3.05) is 0 Å². The van der Waals surface area contributed by atoms with E-state index >= 15 is 0 Å². The Labute approximate surface area is 140 Å². The lowest BCUT2D eigenvalue weighted by atomic mass is 9.95. The highest BCUT2D eigenvalue weighted by Crippen LogP contribution is 2.28. The van der Waals surface area contributed by atoms with Gasteiger partial charge in [0, 0.05) is 36.8 Å². The number of rotatable bonds is 4. The first-order chi connectivity index (χ1) is 11.8. The summed E-state index contributed by atoms with van der Waals surface area (Å²) in [5.41, 5.74) is 1.20. The van der Waals surface area contributed by atoms with Gasteiger partial charge in [0.2, 0.25) is 11.8 Å². The maximum Gasteiger partial charge on any atom is 0.230 e. The smallest absolute Gasteiger partial charge is 0.230 e. The van der Waals surface area contributed by atoms with E-state index in [9.17, 15) is 4.79 Å². The number of aryl methyl sites for hydroxylation is 1. The largest absolute Gasteiger partial charge is 0.353 e. The summed E-state index contributed by atoms with van der Waals surface area (Å²) >= 11 is 0. The molecule has 1 saturated carbocycles. The second-order valence-corrected chi connectivity index (χ2v) is 6.90. The molecule has 3 heterocycles. The van der Waals surface area contributed by atoms with Crippen molar-refractivity contribution in [2.45, 2.75) is 69.9 Å². The lowest BCUT2D eigenvalue weighted by Gasteiger charge is -2.22. The van der Waals surface area contributed by atoms with E-state index in [2.05, 4.69) is 25.0 Å². The Kier molecular flexibility index (Phi) is 4.32. The van der Waals surface area contributed by atoms with Crippen molar-refractivity contribution >= 4 is 5.91 Å². The SMILES string of the molecule is O=C(Cc1noc([C@H]2CCn3cncc3C2)n1)NC1CCCCC1. The number of hydrogen-bond donors (Lipinski definition) is 1. The maximum absolute atomic E-state index is 12.2. The van der Waals surface area contributed by atoms with Gasteiger partial charge in [-0.1, -0.05) is 24.4 Å². The molecule has 4 rings (SSSR count). The van der Waals surface area contributed by atoms with Crippen LogP contribution in [0.5, 0.6) is 0 Å². The summed E-state index contributed by atoms with van der Waals surface area (Å²) in [6.45, 7) is 0.917. The van der Waals surface area contributed by atoms with Gasteiger partial charge in [0.25, 0.3) is 0 Å². The minimum Gasteiger partial charge on any atom is -0.353 e. The summed E-state index contributed by atoms with van der Waals surface area (Å²) < 4.78 is 7.57. The molecule has 128 valence electrons. The third kappa shape index (κ3) is 3.34. The third-order valence-electron chi connectivity index (χ3n) is 5.09. The Balaban J connectivity index is 1.34. The first-order valence-corrected chi connectivity index (χ1v) is 8.89. The molecule has 0 spiro atoms. The molecule has 2 aromatic rings. The first-order valence-electron chi connectivity index (χ1n) is 8.89. The fraction of sp³-hybridized carbons (Fsp3) is 0.647. The molecule has 7 heteroatoms. The fourth-order valence-corrected chi connectivity index (χ4v) is 3.75. The van der Waals surface area contributed by atoms with Crippen molar-refractivity contribution in [1.82, 2.24) is 25.0 Å². The van der Waals surface area contributed by atoms with Gasteiger partial charge in [0.05, 0.1) is 12.7 Å². The number of fused-ring (bicyclic) bond motifs is 1. The van der Waals surface area contributed by atoms with E-state index in [4.69, 9.17) is 4.52 Å². The minimum absolute atomic E-state index is 0.00373. The molecule has 0 aromatic carbocycles. The maximum atomic E-state index is 12.2. The van der Waals surface area contributed by atoms with Crippen LogP contribution >= 0.6 is 0 Å². The predicted molar refractivity (Wildman–Crippen MR) is 86.3 cm³/mol. The molecule has 24 heavy (non-hydrogen) atoms. The standard InChI is InChI=1S/C17H23N5O2/c23-16(19-13-4-2-1-3-5-13)9-15-20-17(24-21-15)12-6-7-22-11-18-10-14(22)8-12/h10-13H,1-9H2,(H,19,23)/t12-/m0/s1. The first kappa shape index (κ1) is 15.4. The fourth-order valence-electron chi connectivity index (χ4n) is 3.75. The van der Waals surface area contributed by atoms with Gasteiger partial charge in [-0.05, 0) is 19.3 Å². The Hall–Kier alpha value is -2.18. The van der Waals surface area contributed by atoms with Crippen LogP contribution in [0.15, 0.2) is 17.0 Å². The third-order valence-corrected chi connectivity index (χ3v) is 5.09. The number of nitrogens with zero attached hydrogens (tertiary/aromatic N) is 4. The van der Waals surface area contributed by atoms with Gasteiger partial charge in [-0.2, -0.15) is 4.98 Å². The van der Waals surface area contributed by atoms with Crippen LogP contribution in [-0.2, 0) is 24.2 Å². The van der Waals surface area contributed by atoms with E-state index in [-0.39, 0.29) is 18.2 Å². The second kappa shape index (κ2) is 6.75. The van der Waals surface area contributed by atoms with Gasteiger partial charge in [-0.25, -0.2) is 4.98 Å². The lowest BCUT2D eigenvalue weighted by Crippen LogP contribution is -2.37. The van der Waals surface area contributed by atoms with Crippen LogP contribution in [0.25, 0.3) is 0 Å². The van der Waals surface area contributed by atoms with Crippen LogP contribution in [0.4, 0.5) is 0 Å². The lowest BCUT2D eigenvalue weighted by molar-refractivity contribution is -0.121. The topological polar surface area (TPSA) is 85.8 Å². The van der Waals surface area contributed by atoms with Crippen LogP contribution in [0, 0.1) is 0 Å². The average molecular weight is 329 g/mol. The zero-order chi connectivity index (χ0) is 16.4. The van der Waals surface area contributed by atoms with Gasteiger partial charge in [-0.3, -0.25) is 4.79 Å². The molecule has 1 N–H and O–H groups in total. The number of hydrogen-bond acceptors (Lipinski definition) is 5. The van der Waals surface area contributed by atoms with Crippen molar-refractivity contribution in [3.8, 4) is 0 Å². The predicted octanol–water partition coefficient (Wildman–Crippen LogP) is 1.99. The number of carbonyl (C=O) groups excluding carboxylic acids is 1. The van der Waals surface area contributed by atoms with E-state index in [1.807, 2.05) is 12.5 Å². The van der Waals surface area contributed by atoms with E-state index < -0.39 is 0 Å². The quantitative estimate of drug-likeness (QED) is 0.927. The van der Waals surface area contributed by atoms with Gasteiger partial charge >= 0.3 is 0 Å². The molecule has 0 bridgehead atoms. The number of nitrogens with one attached hydrogen (secondary N) is 1. The molecule has 1 aliphatic heterocycles. The molecule has 2 aliphatic rings. The summed E-state index contributed by atoms with van der Waals surface area (Å²) in [5, 5.41) is 7.09. The summed E-state index contributed by atoms with van der Waals surface area (Å²) in [6, 6.07) is 0.316. The van der Waals surface area contributed by atoms with Crippen LogP contribution in [0.3, 0.4) is 0 Å². The summed E-state index contributed by atoms with van der Waals surface area (Å²) in [7, 11) is 0. The van der Waals surface area contributed by atoms with Crippen LogP contribution in [0.1, 0.15) is 61.9 Å². The Morgan fingerprint density at radius 1 is 1.29 bits per heavy atom. The molecule has 1 amide bonds. The van der Waals surface area contributed by atoms with E-state index in [1.54, 1.807) is 0 Å². The zero-order valence-corrected chi connectivity index (χ0v) is 13.8.